The number of carbonyl (C=O) groups excluding carboxylic acids is 2. The first-order valence-electron chi connectivity index (χ1n) is 9.70. The van der Waals surface area contributed by atoms with Crippen LogP contribution < -0.4 is 10.6 Å². The molecule has 30 heavy (non-hydrogen) atoms. The normalized spacial score (nSPS) is 25.7. The zero-order valence-electron chi connectivity index (χ0n) is 16.2. The van der Waals surface area contributed by atoms with Crippen molar-refractivity contribution in [3.63, 3.8) is 0 Å². The van der Waals surface area contributed by atoms with Crippen molar-refractivity contribution in [1.82, 2.24) is 15.2 Å². The molecule has 2 N–H and O–H groups in total. The van der Waals surface area contributed by atoms with Crippen molar-refractivity contribution in [2.24, 2.45) is 5.92 Å². The Balaban J connectivity index is 1.48. The molecule has 0 radical (unpaired) electrons. The molecule has 5 rings (SSSR count). The Bertz CT molecular complexity index is 962. The van der Waals surface area contributed by atoms with Crippen molar-refractivity contribution in [3.8, 4) is 10.4 Å². The van der Waals surface area contributed by atoms with Crippen LogP contribution in [0.4, 0.5) is 18.9 Å². The highest BCUT2D eigenvalue weighted by atomic mass is 32.1. The van der Waals surface area contributed by atoms with Gasteiger partial charge < -0.3 is 10.6 Å². The number of thiazole rings is 1. The molecule has 0 saturated carbocycles. The number of piperidine rings is 3. The van der Waals surface area contributed by atoms with Gasteiger partial charge in [-0.1, -0.05) is 18.2 Å². The summed E-state index contributed by atoms with van der Waals surface area (Å²) >= 11 is 1.08. The molecule has 3 aliphatic heterocycles. The van der Waals surface area contributed by atoms with Crippen LogP contribution in [0.2, 0.25) is 0 Å². The van der Waals surface area contributed by atoms with Crippen molar-refractivity contribution in [2.75, 3.05) is 18.4 Å². The van der Waals surface area contributed by atoms with Crippen molar-refractivity contribution < 1.29 is 22.8 Å². The highest BCUT2D eigenvalue weighted by molar-refractivity contribution is 7.17. The maximum atomic E-state index is 12.7. The Morgan fingerprint density at radius 3 is 2.70 bits per heavy atom. The second-order valence-electron chi connectivity index (χ2n) is 7.74. The molecule has 3 aliphatic rings. The van der Waals surface area contributed by atoms with E-state index in [2.05, 4.69) is 22.1 Å². The maximum Gasteiger partial charge on any atom is 0.471 e. The summed E-state index contributed by atoms with van der Waals surface area (Å²) in [5, 5.41) is 5.19. The summed E-state index contributed by atoms with van der Waals surface area (Å²) in [6.07, 6.45) is -1.43. The van der Waals surface area contributed by atoms with E-state index < -0.39 is 12.1 Å². The predicted molar refractivity (Wildman–Crippen MR) is 107 cm³/mol. The van der Waals surface area contributed by atoms with E-state index in [9.17, 15) is 22.8 Å². The summed E-state index contributed by atoms with van der Waals surface area (Å²) < 4.78 is 37.8. The minimum atomic E-state index is -4.99. The Morgan fingerprint density at radius 1 is 1.27 bits per heavy atom. The van der Waals surface area contributed by atoms with E-state index in [-0.39, 0.29) is 22.6 Å². The monoisotopic (exact) mass is 438 g/mol. The van der Waals surface area contributed by atoms with Gasteiger partial charge in [0.15, 0.2) is 5.01 Å². The van der Waals surface area contributed by atoms with Gasteiger partial charge in [-0.15, -0.1) is 11.3 Å². The number of nitrogens with zero attached hydrogens (tertiary/aromatic N) is 2. The van der Waals surface area contributed by atoms with Crippen LogP contribution in [0.1, 0.15) is 29.6 Å². The van der Waals surface area contributed by atoms with Gasteiger partial charge in [-0.3, -0.25) is 14.5 Å². The number of para-hydroxylation sites is 1. The zero-order valence-corrected chi connectivity index (χ0v) is 17.0. The van der Waals surface area contributed by atoms with Gasteiger partial charge in [-0.2, -0.15) is 13.2 Å². The van der Waals surface area contributed by atoms with Gasteiger partial charge in [0, 0.05) is 36.1 Å². The molecule has 4 atom stereocenters. The highest BCUT2D eigenvalue weighted by Crippen LogP contribution is 2.34. The van der Waals surface area contributed by atoms with E-state index in [1.165, 1.54) is 18.3 Å². The lowest BCUT2D eigenvalue weighted by molar-refractivity contribution is -0.167. The van der Waals surface area contributed by atoms with Crippen LogP contribution in [-0.4, -0.2) is 53.0 Å². The summed E-state index contributed by atoms with van der Waals surface area (Å²) in [6, 6.07) is 6.74. The minimum Gasteiger partial charge on any atom is -0.346 e. The first kappa shape index (κ1) is 20.8. The molecule has 0 aliphatic carbocycles. The number of halogens is 3. The van der Waals surface area contributed by atoms with E-state index in [1.807, 2.05) is 5.32 Å². The Morgan fingerprint density at radius 2 is 2.03 bits per heavy atom. The van der Waals surface area contributed by atoms with Crippen LogP contribution >= 0.6 is 11.3 Å². The number of benzene rings is 1. The molecule has 1 aromatic heterocycles. The average molecular weight is 438 g/mol. The molecular formula is C20H21F3N4O2S. The number of anilines is 1. The van der Waals surface area contributed by atoms with Gasteiger partial charge in [0.2, 0.25) is 0 Å². The molecule has 160 valence electrons. The number of hydrogen-bond donors (Lipinski definition) is 2. The lowest BCUT2D eigenvalue weighted by Gasteiger charge is -2.48. The fraction of sp³-hybridized carbons (Fsp3) is 0.450. The lowest BCUT2D eigenvalue weighted by atomic mass is 9.80. The van der Waals surface area contributed by atoms with Gasteiger partial charge in [-0.05, 0) is 38.3 Å². The number of hydrogen-bond acceptors (Lipinski definition) is 5. The Kier molecular flexibility index (Phi) is 5.54. The quantitative estimate of drug-likeness (QED) is 0.766. The molecule has 2 aromatic rings. The Labute approximate surface area is 175 Å². The molecule has 4 heterocycles. The maximum absolute atomic E-state index is 12.7. The zero-order chi connectivity index (χ0) is 21.5. The van der Waals surface area contributed by atoms with Gasteiger partial charge in [0.25, 0.3) is 5.91 Å². The number of carbonyl (C=O) groups is 2. The van der Waals surface area contributed by atoms with Crippen LogP contribution in [0, 0.1) is 5.92 Å². The smallest absolute Gasteiger partial charge is 0.346 e. The topological polar surface area (TPSA) is 74.3 Å². The SMILES string of the molecule is CC1CC2CCN1C[C@@H]2NC(=O)c1ncc(-c2ccccc2NC(=O)C(F)(F)F)s1. The molecule has 6 nitrogen and oxygen atoms in total. The third-order valence-corrected chi connectivity index (χ3v) is 6.80. The van der Waals surface area contributed by atoms with Gasteiger partial charge in [0.1, 0.15) is 0 Å². The van der Waals surface area contributed by atoms with Crippen LogP contribution in [0.5, 0.6) is 0 Å². The van der Waals surface area contributed by atoms with Crippen LogP contribution in [0.3, 0.4) is 0 Å². The number of fused-ring (bicyclic) bond motifs is 3. The second-order valence-corrected chi connectivity index (χ2v) is 8.77. The van der Waals surface area contributed by atoms with Gasteiger partial charge in [-0.25, -0.2) is 4.98 Å². The molecule has 10 heteroatoms. The summed E-state index contributed by atoms with van der Waals surface area (Å²) in [4.78, 5) is 31.1. The highest BCUT2D eigenvalue weighted by Gasteiger charge is 2.40. The first-order valence-corrected chi connectivity index (χ1v) is 10.5. The second kappa shape index (κ2) is 7.99. The van der Waals surface area contributed by atoms with Crippen LogP contribution in [-0.2, 0) is 4.79 Å². The lowest BCUT2D eigenvalue weighted by Crippen LogP contribution is -2.60. The van der Waals surface area contributed by atoms with Crippen LogP contribution in [0.15, 0.2) is 30.5 Å². The van der Waals surface area contributed by atoms with Crippen molar-refractivity contribution >= 4 is 28.8 Å². The third kappa shape index (κ3) is 4.20. The molecule has 2 amide bonds. The van der Waals surface area contributed by atoms with Crippen molar-refractivity contribution in [2.45, 2.75) is 38.0 Å². The van der Waals surface area contributed by atoms with E-state index >= 15 is 0 Å². The standard InChI is InChI=1S/C20H21F3N4O2S/c1-11-8-12-6-7-27(11)10-15(12)25-17(28)18-24-9-16(30-18)13-4-2-3-5-14(13)26-19(29)20(21,22)23/h2-5,9,11-12,15H,6-8,10H2,1H3,(H,25,28)(H,26,29)/t11?,12?,15-/m0/s1. The largest absolute Gasteiger partial charge is 0.471 e. The first-order chi connectivity index (χ1) is 14.2. The molecular weight excluding hydrogens is 417 g/mol. The number of aromatic nitrogens is 1. The molecule has 2 bridgehead atoms. The third-order valence-electron chi connectivity index (χ3n) is 5.77. The van der Waals surface area contributed by atoms with Crippen molar-refractivity contribution in [3.05, 3.63) is 35.5 Å². The predicted octanol–water partition coefficient (Wildman–Crippen LogP) is 3.52. The summed E-state index contributed by atoms with van der Waals surface area (Å²) in [6.45, 7) is 4.08. The molecule has 3 fully saturated rings. The minimum absolute atomic E-state index is 0.0156. The molecule has 3 unspecified atom stereocenters. The average Bonchev–Trinajstić information content (AvgIpc) is 3.19. The van der Waals surface area contributed by atoms with Gasteiger partial charge in [0.05, 0.1) is 4.88 Å². The number of alkyl halides is 3. The fourth-order valence-electron chi connectivity index (χ4n) is 4.19. The van der Waals surface area contributed by atoms with Crippen LogP contribution in [0.25, 0.3) is 10.4 Å². The van der Waals surface area contributed by atoms with E-state index in [1.54, 1.807) is 12.1 Å². The van der Waals surface area contributed by atoms with Gasteiger partial charge >= 0.3 is 12.1 Å². The van der Waals surface area contributed by atoms with E-state index in [0.717, 1.165) is 37.3 Å². The number of rotatable bonds is 4. The number of amides is 2. The summed E-state index contributed by atoms with van der Waals surface area (Å²) in [5.74, 6) is -1.88. The van der Waals surface area contributed by atoms with Crippen molar-refractivity contribution in [1.29, 1.82) is 0 Å². The molecule has 1 aromatic carbocycles. The van der Waals surface area contributed by atoms with E-state index in [0.29, 0.717) is 22.4 Å². The fourth-order valence-corrected chi connectivity index (χ4v) is 5.05. The number of nitrogens with one attached hydrogen (secondary N) is 2. The van der Waals surface area contributed by atoms with E-state index in [4.69, 9.17) is 0 Å². The molecule has 0 spiro atoms. The Hall–Kier alpha value is -2.46. The summed E-state index contributed by atoms with van der Waals surface area (Å²) in [5.41, 5.74) is 0.394. The summed E-state index contributed by atoms with van der Waals surface area (Å²) in [7, 11) is 0. The molecule has 3 saturated heterocycles.